The summed E-state index contributed by atoms with van der Waals surface area (Å²) in [5.74, 6) is 0.208. The Morgan fingerprint density at radius 1 is 1.17 bits per heavy atom. The van der Waals surface area contributed by atoms with Gasteiger partial charge in [-0.2, -0.15) is 4.31 Å². The molecule has 29 heavy (non-hydrogen) atoms. The number of piperidine rings is 1. The molecular weight excluding hydrogens is 388 g/mol. The summed E-state index contributed by atoms with van der Waals surface area (Å²) < 4.78 is 33.2. The lowest BCUT2D eigenvalue weighted by atomic mass is 9.99. The third-order valence-electron chi connectivity index (χ3n) is 5.15. The monoisotopic (exact) mass is 416 g/mol. The lowest BCUT2D eigenvalue weighted by Crippen LogP contribution is -2.43. The molecule has 2 aromatic rings. The van der Waals surface area contributed by atoms with E-state index in [4.69, 9.17) is 4.74 Å². The Kier molecular flexibility index (Phi) is 6.59. The van der Waals surface area contributed by atoms with Crippen LogP contribution in [0.1, 0.15) is 30.9 Å². The first-order valence-electron chi connectivity index (χ1n) is 9.92. The van der Waals surface area contributed by atoms with Crippen LogP contribution in [0.15, 0.2) is 47.4 Å². The van der Waals surface area contributed by atoms with Gasteiger partial charge in [0.25, 0.3) is 0 Å². The number of ether oxygens (including phenoxy) is 1. The van der Waals surface area contributed by atoms with Crippen molar-refractivity contribution in [1.29, 1.82) is 0 Å². The molecular formula is C22H28N2O4S. The molecule has 1 amide bonds. The standard InChI is InChI=1S/C22H28N2O4S/c1-4-28-20-11-9-19(10-12-20)23-22(25)18-6-5-13-24(15-18)29(26,27)21-14-16(2)7-8-17(21)3/h7-12,14,18H,4-6,13,15H2,1-3H3,(H,23,25)/t18-/m0/s1. The number of hydrogen-bond donors (Lipinski definition) is 1. The summed E-state index contributed by atoms with van der Waals surface area (Å²) in [6, 6.07) is 12.6. The van der Waals surface area contributed by atoms with Gasteiger partial charge in [-0.15, -0.1) is 0 Å². The summed E-state index contributed by atoms with van der Waals surface area (Å²) in [4.78, 5) is 13.1. The SMILES string of the molecule is CCOc1ccc(NC(=O)[C@H]2CCCN(S(=O)(=O)c3cc(C)ccc3C)C2)cc1. The van der Waals surface area contributed by atoms with Gasteiger partial charge < -0.3 is 10.1 Å². The molecule has 2 aromatic carbocycles. The maximum absolute atomic E-state index is 13.2. The quantitative estimate of drug-likeness (QED) is 0.778. The molecule has 0 aliphatic carbocycles. The van der Waals surface area contributed by atoms with Crippen LogP contribution in [0, 0.1) is 19.8 Å². The summed E-state index contributed by atoms with van der Waals surface area (Å²) in [5, 5.41) is 2.90. The van der Waals surface area contributed by atoms with E-state index in [-0.39, 0.29) is 18.4 Å². The molecule has 1 aliphatic rings. The molecule has 1 atom stereocenters. The average Bonchev–Trinajstić information content (AvgIpc) is 2.71. The van der Waals surface area contributed by atoms with Gasteiger partial charge in [0.2, 0.25) is 15.9 Å². The van der Waals surface area contributed by atoms with Gasteiger partial charge in [-0.05, 0) is 75.1 Å². The van der Waals surface area contributed by atoms with Crippen LogP contribution in [0.2, 0.25) is 0 Å². The van der Waals surface area contributed by atoms with Crippen LogP contribution >= 0.6 is 0 Å². The molecule has 0 aromatic heterocycles. The molecule has 0 spiro atoms. The minimum absolute atomic E-state index is 0.157. The Bertz CT molecular complexity index is 971. The molecule has 1 fully saturated rings. The van der Waals surface area contributed by atoms with Crippen molar-refractivity contribution in [2.75, 3.05) is 25.0 Å². The van der Waals surface area contributed by atoms with Crippen LogP contribution in [0.4, 0.5) is 5.69 Å². The minimum Gasteiger partial charge on any atom is -0.494 e. The van der Waals surface area contributed by atoms with E-state index in [2.05, 4.69) is 5.32 Å². The van der Waals surface area contributed by atoms with Crippen LogP contribution in [0.3, 0.4) is 0 Å². The number of anilines is 1. The van der Waals surface area contributed by atoms with E-state index in [9.17, 15) is 13.2 Å². The normalized spacial score (nSPS) is 17.7. The highest BCUT2D eigenvalue weighted by Gasteiger charge is 2.34. The second kappa shape index (κ2) is 8.97. The van der Waals surface area contributed by atoms with Gasteiger partial charge in [0.05, 0.1) is 17.4 Å². The third kappa shape index (κ3) is 4.97. The summed E-state index contributed by atoms with van der Waals surface area (Å²) >= 11 is 0. The summed E-state index contributed by atoms with van der Waals surface area (Å²) in [5.41, 5.74) is 2.29. The zero-order chi connectivity index (χ0) is 21.0. The number of sulfonamides is 1. The van der Waals surface area contributed by atoms with Crippen molar-refractivity contribution >= 4 is 21.6 Å². The van der Waals surface area contributed by atoms with Crippen LogP contribution in [-0.2, 0) is 14.8 Å². The van der Waals surface area contributed by atoms with Crippen LogP contribution in [0.25, 0.3) is 0 Å². The van der Waals surface area contributed by atoms with Gasteiger partial charge in [0.15, 0.2) is 0 Å². The molecule has 0 unspecified atom stereocenters. The van der Waals surface area contributed by atoms with Gasteiger partial charge in [-0.1, -0.05) is 12.1 Å². The summed E-state index contributed by atoms with van der Waals surface area (Å²) in [6.07, 6.45) is 1.33. The smallest absolute Gasteiger partial charge is 0.243 e. The predicted octanol–water partition coefficient (Wildman–Crippen LogP) is 3.74. The number of carbonyl (C=O) groups excluding carboxylic acids is 1. The van der Waals surface area contributed by atoms with Crippen LogP contribution in [0.5, 0.6) is 5.75 Å². The summed E-state index contributed by atoms with van der Waals surface area (Å²) in [7, 11) is -3.63. The van der Waals surface area contributed by atoms with Gasteiger partial charge in [0.1, 0.15) is 5.75 Å². The van der Waals surface area contributed by atoms with Gasteiger partial charge in [-0.25, -0.2) is 8.42 Å². The molecule has 6 nitrogen and oxygen atoms in total. The second-order valence-electron chi connectivity index (χ2n) is 7.42. The van der Waals surface area contributed by atoms with Gasteiger partial charge >= 0.3 is 0 Å². The zero-order valence-electron chi connectivity index (χ0n) is 17.1. The molecule has 1 heterocycles. The molecule has 1 N–H and O–H groups in total. The van der Waals surface area contributed by atoms with Gasteiger partial charge in [0, 0.05) is 18.8 Å². The number of nitrogens with one attached hydrogen (secondary N) is 1. The molecule has 1 saturated heterocycles. The second-order valence-corrected chi connectivity index (χ2v) is 9.32. The number of benzene rings is 2. The Morgan fingerprint density at radius 3 is 2.59 bits per heavy atom. The van der Waals surface area contributed by atoms with E-state index >= 15 is 0 Å². The third-order valence-corrected chi connectivity index (χ3v) is 7.16. The number of amides is 1. The number of aryl methyl sites for hydroxylation is 2. The van der Waals surface area contributed by atoms with Crippen LogP contribution in [-0.4, -0.2) is 38.3 Å². The van der Waals surface area contributed by atoms with Crippen molar-refractivity contribution in [2.45, 2.75) is 38.5 Å². The van der Waals surface area contributed by atoms with Gasteiger partial charge in [-0.3, -0.25) is 4.79 Å². The highest BCUT2D eigenvalue weighted by atomic mass is 32.2. The van der Waals surface area contributed by atoms with Crippen molar-refractivity contribution in [1.82, 2.24) is 4.31 Å². The van der Waals surface area contributed by atoms with E-state index < -0.39 is 10.0 Å². The average molecular weight is 417 g/mol. The van der Waals surface area contributed by atoms with Crippen molar-refractivity contribution < 1.29 is 17.9 Å². The molecule has 3 rings (SSSR count). The van der Waals surface area contributed by atoms with E-state index in [1.807, 2.05) is 26.0 Å². The van der Waals surface area contributed by atoms with E-state index in [0.29, 0.717) is 36.6 Å². The fourth-order valence-electron chi connectivity index (χ4n) is 3.54. The summed E-state index contributed by atoms with van der Waals surface area (Å²) in [6.45, 7) is 6.80. The van der Waals surface area contributed by atoms with E-state index in [1.54, 1.807) is 37.3 Å². The van der Waals surface area contributed by atoms with Crippen molar-refractivity contribution in [2.24, 2.45) is 5.92 Å². The van der Waals surface area contributed by atoms with Crippen molar-refractivity contribution in [3.05, 3.63) is 53.6 Å². The molecule has 7 heteroatoms. The molecule has 1 aliphatic heterocycles. The lowest BCUT2D eigenvalue weighted by Gasteiger charge is -2.31. The number of nitrogens with zero attached hydrogens (tertiary/aromatic N) is 1. The predicted molar refractivity (Wildman–Crippen MR) is 114 cm³/mol. The maximum atomic E-state index is 13.2. The van der Waals surface area contributed by atoms with E-state index in [0.717, 1.165) is 16.9 Å². The molecule has 0 radical (unpaired) electrons. The molecule has 0 bridgehead atoms. The first-order chi connectivity index (χ1) is 13.8. The molecule has 0 saturated carbocycles. The van der Waals surface area contributed by atoms with Crippen LogP contribution < -0.4 is 10.1 Å². The van der Waals surface area contributed by atoms with Crippen molar-refractivity contribution in [3.8, 4) is 5.75 Å². The Hall–Kier alpha value is -2.38. The highest BCUT2D eigenvalue weighted by Crippen LogP contribution is 2.27. The Labute approximate surface area is 172 Å². The zero-order valence-corrected chi connectivity index (χ0v) is 18.0. The number of hydrogen-bond acceptors (Lipinski definition) is 4. The Balaban J connectivity index is 1.71. The highest BCUT2D eigenvalue weighted by molar-refractivity contribution is 7.89. The first-order valence-corrected chi connectivity index (χ1v) is 11.4. The fraction of sp³-hybridized carbons (Fsp3) is 0.409. The lowest BCUT2D eigenvalue weighted by molar-refractivity contribution is -0.120. The maximum Gasteiger partial charge on any atom is 0.243 e. The number of carbonyl (C=O) groups is 1. The number of rotatable bonds is 6. The topological polar surface area (TPSA) is 75.7 Å². The fourth-order valence-corrected chi connectivity index (χ4v) is 5.38. The Morgan fingerprint density at radius 2 is 1.90 bits per heavy atom. The van der Waals surface area contributed by atoms with E-state index in [1.165, 1.54) is 4.31 Å². The first kappa shape index (κ1) is 21.3. The largest absolute Gasteiger partial charge is 0.494 e. The molecule has 156 valence electrons. The van der Waals surface area contributed by atoms with Crippen molar-refractivity contribution in [3.63, 3.8) is 0 Å². The minimum atomic E-state index is -3.63.